The van der Waals surface area contributed by atoms with Crippen molar-refractivity contribution in [3.8, 4) is 0 Å². The lowest BCUT2D eigenvalue weighted by atomic mass is 10.0. The first-order valence-corrected chi connectivity index (χ1v) is 7.72. The third-order valence-electron chi connectivity index (χ3n) is 4.01. The predicted octanol–water partition coefficient (Wildman–Crippen LogP) is 4.79. The lowest BCUT2D eigenvalue weighted by Gasteiger charge is -2.22. The van der Waals surface area contributed by atoms with Crippen molar-refractivity contribution in [1.82, 2.24) is 0 Å². The molecule has 0 aliphatic carbocycles. The van der Waals surface area contributed by atoms with Crippen LogP contribution in [0.5, 0.6) is 0 Å². The van der Waals surface area contributed by atoms with Gasteiger partial charge in [0.05, 0.1) is 6.61 Å². The molecule has 0 N–H and O–H groups in total. The van der Waals surface area contributed by atoms with Crippen molar-refractivity contribution in [1.29, 1.82) is 0 Å². The fraction of sp³-hybridized carbons (Fsp3) is 0.368. The molecule has 3 rings (SSSR count). The van der Waals surface area contributed by atoms with E-state index in [1.165, 1.54) is 28.3 Å². The van der Waals surface area contributed by atoms with Gasteiger partial charge in [0.2, 0.25) is 0 Å². The second-order valence-electron chi connectivity index (χ2n) is 5.58. The van der Waals surface area contributed by atoms with Gasteiger partial charge >= 0.3 is 0 Å². The topological polar surface area (TPSA) is 18.5 Å². The Kier molecular flexibility index (Phi) is 4.69. The van der Waals surface area contributed by atoms with Crippen LogP contribution in [0.1, 0.15) is 31.7 Å². The second-order valence-corrected chi connectivity index (χ2v) is 5.58. The molecule has 1 aliphatic rings. The quantitative estimate of drug-likeness (QED) is 0.803. The Hall–Kier alpha value is -1.64. The molecule has 0 bridgehead atoms. The number of ether oxygens (including phenoxy) is 2. The Labute approximate surface area is 126 Å². The van der Waals surface area contributed by atoms with Crippen LogP contribution < -0.4 is 0 Å². The average Bonchev–Trinajstić information content (AvgIpc) is 2.55. The van der Waals surface area contributed by atoms with Gasteiger partial charge in [-0.15, -0.1) is 0 Å². The van der Waals surface area contributed by atoms with Crippen LogP contribution in [0.25, 0.3) is 16.3 Å². The fourth-order valence-electron chi connectivity index (χ4n) is 2.68. The summed E-state index contributed by atoms with van der Waals surface area (Å²) in [5.74, 6) is 0. The molecular weight excluding hydrogens is 260 g/mol. The Balaban J connectivity index is 1.64. The largest absolute Gasteiger partial charge is 0.353 e. The standard InChI is InChI=1S/C19H22O2/c1-15(11-13-21-19-8-4-5-12-20-19)17-10-9-16-6-2-3-7-18(16)14-17/h2-3,6-7,9-11,14,19H,4-5,8,12-13H2,1H3/b15-11+. The summed E-state index contributed by atoms with van der Waals surface area (Å²) in [5.41, 5.74) is 2.50. The molecule has 0 spiro atoms. The molecule has 1 fully saturated rings. The van der Waals surface area contributed by atoms with Crippen LogP contribution in [0.2, 0.25) is 0 Å². The van der Waals surface area contributed by atoms with Crippen LogP contribution in [0.4, 0.5) is 0 Å². The van der Waals surface area contributed by atoms with E-state index in [1.54, 1.807) is 0 Å². The zero-order chi connectivity index (χ0) is 14.5. The molecule has 2 aromatic rings. The highest BCUT2D eigenvalue weighted by molar-refractivity contribution is 5.86. The summed E-state index contributed by atoms with van der Waals surface area (Å²) < 4.78 is 11.3. The zero-order valence-corrected chi connectivity index (χ0v) is 12.5. The first kappa shape index (κ1) is 14.3. The Morgan fingerprint density at radius 1 is 1.19 bits per heavy atom. The van der Waals surface area contributed by atoms with E-state index >= 15 is 0 Å². The average molecular weight is 282 g/mol. The second kappa shape index (κ2) is 6.88. The molecule has 1 unspecified atom stereocenters. The highest BCUT2D eigenvalue weighted by Gasteiger charge is 2.12. The highest BCUT2D eigenvalue weighted by Crippen LogP contribution is 2.21. The number of hydrogen-bond donors (Lipinski definition) is 0. The number of hydrogen-bond acceptors (Lipinski definition) is 2. The van der Waals surface area contributed by atoms with Crippen LogP contribution in [0.15, 0.2) is 48.5 Å². The number of rotatable bonds is 4. The monoisotopic (exact) mass is 282 g/mol. The lowest BCUT2D eigenvalue weighted by molar-refractivity contribution is -0.155. The molecular formula is C19H22O2. The molecule has 21 heavy (non-hydrogen) atoms. The van der Waals surface area contributed by atoms with Crippen molar-refractivity contribution in [2.24, 2.45) is 0 Å². The minimum absolute atomic E-state index is 0.0144. The van der Waals surface area contributed by atoms with Crippen LogP contribution in [-0.2, 0) is 9.47 Å². The van der Waals surface area contributed by atoms with Gasteiger partial charge in [0.1, 0.15) is 0 Å². The third-order valence-corrected chi connectivity index (χ3v) is 4.01. The van der Waals surface area contributed by atoms with Crippen LogP contribution in [0, 0.1) is 0 Å². The minimum atomic E-state index is -0.0144. The van der Waals surface area contributed by atoms with Gasteiger partial charge < -0.3 is 9.47 Å². The molecule has 0 aromatic heterocycles. The summed E-state index contributed by atoms with van der Waals surface area (Å²) in [6.07, 6.45) is 5.51. The normalized spacial score (nSPS) is 19.9. The first-order chi connectivity index (χ1) is 10.3. The molecule has 0 saturated carbocycles. The Morgan fingerprint density at radius 2 is 2.05 bits per heavy atom. The maximum absolute atomic E-state index is 5.76. The van der Waals surface area contributed by atoms with E-state index in [9.17, 15) is 0 Å². The van der Waals surface area contributed by atoms with Crippen LogP contribution >= 0.6 is 0 Å². The molecule has 110 valence electrons. The van der Waals surface area contributed by atoms with Gasteiger partial charge in [-0.05, 0) is 54.2 Å². The fourth-order valence-corrected chi connectivity index (χ4v) is 2.68. The molecule has 2 heteroatoms. The maximum Gasteiger partial charge on any atom is 0.157 e. The Bertz CT molecular complexity index is 624. The van der Waals surface area contributed by atoms with E-state index in [-0.39, 0.29) is 6.29 Å². The van der Waals surface area contributed by atoms with Crippen molar-refractivity contribution in [3.05, 3.63) is 54.1 Å². The van der Waals surface area contributed by atoms with E-state index in [0.717, 1.165) is 19.4 Å². The Morgan fingerprint density at radius 3 is 2.86 bits per heavy atom. The van der Waals surface area contributed by atoms with Crippen molar-refractivity contribution in [3.63, 3.8) is 0 Å². The molecule has 1 aliphatic heterocycles. The van der Waals surface area contributed by atoms with Crippen LogP contribution in [-0.4, -0.2) is 19.5 Å². The van der Waals surface area contributed by atoms with Crippen molar-refractivity contribution < 1.29 is 9.47 Å². The summed E-state index contributed by atoms with van der Waals surface area (Å²) in [6, 6.07) is 15.0. The van der Waals surface area contributed by atoms with Gasteiger partial charge in [-0.1, -0.05) is 42.5 Å². The van der Waals surface area contributed by atoms with E-state index in [1.807, 2.05) is 0 Å². The van der Waals surface area contributed by atoms with Crippen molar-refractivity contribution in [2.75, 3.05) is 13.2 Å². The van der Waals surface area contributed by atoms with E-state index in [0.29, 0.717) is 6.61 Å². The minimum Gasteiger partial charge on any atom is -0.353 e. The molecule has 0 radical (unpaired) electrons. The number of fused-ring (bicyclic) bond motifs is 1. The van der Waals surface area contributed by atoms with Gasteiger partial charge in [0.25, 0.3) is 0 Å². The molecule has 1 atom stereocenters. The molecule has 2 nitrogen and oxygen atoms in total. The third kappa shape index (κ3) is 3.72. The van der Waals surface area contributed by atoms with Gasteiger partial charge in [-0.2, -0.15) is 0 Å². The van der Waals surface area contributed by atoms with Gasteiger partial charge in [0, 0.05) is 6.61 Å². The number of allylic oxidation sites excluding steroid dienone is 1. The number of benzene rings is 2. The predicted molar refractivity (Wildman–Crippen MR) is 87.1 cm³/mol. The van der Waals surface area contributed by atoms with E-state index in [4.69, 9.17) is 9.47 Å². The van der Waals surface area contributed by atoms with Crippen LogP contribution in [0.3, 0.4) is 0 Å². The van der Waals surface area contributed by atoms with Gasteiger partial charge in [-0.3, -0.25) is 0 Å². The zero-order valence-electron chi connectivity index (χ0n) is 12.5. The van der Waals surface area contributed by atoms with Crippen molar-refractivity contribution in [2.45, 2.75) is 32.5 Å². The summed E-state index contributed by atoms with van der Waals surface area (Å²) in [4.78, 5) is 0. The van der Waals surface area contributed by atoms with E-state index < -0.39 is 0 Å². The molecule has 1 saturated heterocycles. The van der Waals surface area contributed by atoms with Gasteiger partial charge in [-0.25, -0.2) is 0 Å². The summed E-state index contributed by atoms with van der Waals surface area (Å²) in [7, 11) is 0. The SMILES string of the molecule is C/C(=C\COC1CCCCO1)c1ccc2ccccc2c1. The summed E-state index contributed by atoms with van der Waals surface area (Å²) in [6.45, 7) is 3.58. The molecule has 1 heterocycles. The first-order valence-electron chi connectivity index (χ1n) is 7.72. The lowest BCUT2D eigenvalue weighted by Crippen LogP contribution is -2.22. The molecule has 2 aromatic carbocycles. The van der Waals surface area contributed by atoms with Crippen molar-refractivity contribution >= 4 is 16.3 Å². The van der Waals surface area contributed by atoms with E-state index in [2.05, 4.69) is 55.5 Å². The van der Waals surface area contributed by atoms with Gasteiger partial charge in [0.15, 0.2) is 6.29 Å². The summed E-state index contributed by atoms with van der Waals surface area (Å²) >= 11 is 0. The molecule has 0 amide bonds. The maximum atomic E-state index is 5.76. The highest BCUT2D eigenvalue weighted by atomic mass is 16.7. The smallest absolute Gasteiger partial charge is 0.157 e. The summed E-state index contributed by atoms with van der Waals surface area (Å²) in [5, 5.41) is 2.56.